The van der Waals surface area contributed by atoms with Crippen molar-refractivity contribution in [3.8, 4) is 0 Å². The molecule has 0 amide bonds. The number of aliphatic hydroxyl groups excluding tert-OH is 1. The monoisotopic (exact) mass is 271 g/mol. The first-order chi connectivity index (χ1) is 8.57. The Bertz CT molecular complexity index is 538. The fraction of sp³-hybridized carbons (Fsp3) is 0.818. The zero-order valence-corrected chi connectivity index (χ0v) is 10.9. The van der Waals surface area contributed by atoms with Crippen molar-refractivity contribution in [2.45, 2.75) is 44.2 Å². The van der Waals surface area contributed by atoms with Crippen molar-refractivity contribution in [2.24, 2.45) is 0 Å². The fourth-order valence-corrected chi connectivity index (χ4v) is 4.32. The lowest BCUT2D eigenvalue weighted by atomic mass is 10.0. The average Bonchev–Trinajstić information content (AvgIpc) is 2.74. The van der Waals surface area contributed by atoms with E-state index in [0.717, 1.165) is 25.2 Å². The summed E-state index contributed by atoms with van der Waals surface area (Å²) in [5.74, 6) is 2.15. The van der Waals surface area contributed by atoms with E-state index in [9.17, 15) is 13.5 Å². The van der Waals surface area contributed by atoms with Gasteiger partial charge in [0.05, 0.1) is 11.5 Å². The first-order valence-corrected chi connectivity index (χ1v) is 8.20. The van der Waals surface area contributed by atoms with Gasteiger partial charge in [-0.3, -0.25) is 0 Å². The average molecular weight is 271 g/mol. The van der Waals surface area contributed by atoms with Gasteiger partial charge in [0.1, 0.15) is 21.8 Å². The lowest BCUT2D eigenvalue weighted by Gasteiger charge is -2.25. The largest absolute Gasteiger partial charge is 0.385 e. The smallest absolute Gasteiger partial charge is 0.161 e. The molecule has 2 aliphatic heterocycles. The topological polar surface area (TPSA) is 85.1 Å². The van der Waals surface area contributed by atoms with Crippen molar-refractivity contribution in [1.29, 1.82) is 0 Å². The van der Waals surface area contributed by atoms with Gasteiger partial charge in [0, 0.05) is 12.5 Å². The second kappa shape index (κ2) is 4.31. The fourth-order valence-electron chi connectivity index (χ4n) is 2.83. The number of aromatic nitrogens is 3. The number of rotatable bonds is 1. The lowest BCUT2D eigenvalue weighted by Crippen LogP contribution is -2.25. The molecule has 3 rings (SSSR count). The maximum absolute atomic E-state index is 11.4. The quantitative estimate of drug-likeness (QED) is 0.799. The SMILES string of the molecule is O=S1(=O)CCC(c2nnc3n2CCCC3O)CC1. The number of nitrogens with zero attached hydrogens (tertiary/aromatic N) is 3. The summed E-state index contributed by atoms with van der Waals surface area (Å²) < 4.78 is 24.8. The van der Waals surface area contributed by atoms with Gasteiger partial charge in [-0.15, -0.1) is 10.2 Å². The third-order valence-electron chi connectivity index (χ3n) is 3.89. The lowest BCUT2D eigenvalue weighted by molar-refractivity contribution is 0.132. The molecule has 0 saturated carbocycles. The van der Waals surface area contributed by atoms with Gasteiger partial charge >= 0.3 is 0 Å². The highest BCUT2D eigenvalue weighted by Crippen LogP contribution is 2.32. The molecule has 1 atom stereocenters. The molecule has 100 valence electrons. The Labute approximate surface area is 106 Å². The van der Waals surface area contributed by atoms with Crippen molar-refractivity contribution < 1.29 is 13.5 Å². The van der Waals surface area contributed by atoms with E-state index < -0.39 is 15.9 Å². The summed E-state index contributed by atoms with van der Waals surface area (Å²) in [6.45, 7) is 0.831. The van der Waals surface area contributed by atoms with Crippen LogP contribution < -0.4 is 0 Å². The number of hydrogen-bond acceptors (Lipinski definition) is 5. The van der Waals surface area contributed by atoms with Crippen molar-refractivity contribution in [1.82, 2.24) is 14.8 Å². The minimum absolute atomic E-state index is 0.167. The summed E-state index contributed by atoms with van der Waals surface area (Å²) in [7, 11) is -2.85. The highest BCUT2D eigenvalue weighted by Gasteiger charge is 2.31. The Balaban J connectivity index is 1.86. The predicted molar refractivity (Wildman–Crippen MR) is 64.8 cm³/mol. The van der Waals surface area contributed by atoms with Crippen LogP contribution in [-0.2, 0) is 16.4 Å². The standard InChI is InChI=1S/C11H17N3O3S/c15-9-2-1-5-14-10(12-13-11(9)14)8-3-6-18(16,17)7-4-8/h8-9,15H,1-7H2. The molecule has 0 spiro atoms. The first-order valence-electron chi connectivity index (χ1n) is 6.38. The molecule has 1 N–H and O–H groups in total. The zero-order valence-electron chi connectivity index (χ0n) is 10.1. The minimum Gasteiger partial charge on any atom is -0.385 e. The summed E-state index contributed by atoms with van der Waals surface area (Å²) in [5.41, 5.74) is 0. The Morgan fingerprint density at radius 2 is 1.78 bits per heavy atom. The Kier molecular flexibility index (Phi) is 2.90. The Morgan fingerprint density at radius 3 is 2.50 bits per heavy atom. The number of hydrogen-bond donors (Lipinski definition) is 1. The molecule has 18 heavy (non-hydrogen) atoms. The van der Waals surface area contributed by atoms with Crippen molar-refractivity contribution in [3.05, 3.63) is 11.6 Å². The van der Waals surface area contributed by atoms with Crippen molar-refractivity contribution in [2.75, 3.05) is 11.5 Å². The van der Waals surface area contributed by atoms with E-state index in [0.29, 0.717) is 18.7 Å². The molecule has 1 fully saturated rings. The minimum atomic E-state index is -2.85. The van der Waals surface area contributed by atoms with Crippen molar-refractivity contribution >= 4 is 9.84 Å². The Hall–Kier alpha value is -0.950. The van der Waals surface area contributed by atoms with Gasteiger partial charge in [0.2, 0.25) is 0 Å². The van der Waals surface area contributed by atoms with Gasteiger partial charge in [-0.1, -0.05) is 0 Å². The van der Waals surface area contributed by atoms with Gasteiger partial charge in [-0.2, -0.15) is 0 Å². The molecule has 0 radical (unpaired) electrons. The molecule has 1 saturated heterocycles. The van der Waals surface area contributed by atoms with E-state index in [2.05, 4.69) is 10.2 Å². The van der Waals surface area contributed by atoms with E-state index in [1.54, 1.807) is 0 Å². The summed E-state index contributed by atoms with van der Waals surface area (Å²) in [6, 6.07) is 0. The van der Waals surface area contributed by atoms with Gasteiger partial charge < -0.3 is 9.67 Å². The molecule has 1 unspecified atom stereocenters. The molecular formula is C11H17N3O3S. The van der Waals surface area contributed by atoms with Crippen LogP contribution in [-0.4, -0.2) is 39.8 Å². The van der Waals surface area contributed by atoms with Crippen LogP contribution in [0.3, 0.4) is 0 Å². The van der Waals surface area contributed by atoms with Crippen LogP contribution in [0.1, 0.15) is 49.4 Å². The molecule has 3 heterocycles. The molecule has 7 heteroatoms. The third kappa shape index (κ3) is 2.05. The van der Waals surface area contributed by atoms with Gasteiger partial charge in [-0.05, 0) is 25.7 Å². The van der Waals surface area contributed by atoms with Gasteiger partial charge in [0.25, 0.3) is 0 Å². The van der Waals surface area contributed by atoms with E-state index in [1.807, 2.05) is 4.57 Å². The number of fused-ring (bicyclic) bond motifs is 1. The van der Waals surface area contributed by atoms with Crippen LogP contribution in [0.25, 0.3) is 0 Å². The highest BCUT2D eigenvalue weighted by molar-refractivity contribution is 7.91. The molecule has 6 nitrogen and oxygen atoms in total. The van der Waals surface area contributed by atoms with E-state index >= 15 is 0 Å². The van der Waals surface area contributed by atoms with E-state index in [1.165, 1.54) is 0 Å². The second-order valence-corrected chi connectivity index (χ2v) is 7.46. The van der Waals surface area contributed by atoms with Crippen LogP contribution in [0.15, 0.2) is 0 Å². The maximum atomic E-state index is 11.4. The zero-order chi connectivity index (χ0) is 12.8. The molecule has 0 aromatic carbocycles. The Morgan fingerprint density at radius 1 is 1.11 bits per heavy atom. The maximum Gasteiger partial charge on any atom is 0.161 e. The number of aliphatic hydroxyl groups is 1. The van der Waals surface area contributed by atoms with E-state index in [-0.39, 0.29) is 17.4 Å². The van der Waals surface area contributed by atoms with Crippen molar-refractivity contribution in [3.63, 3.8) is 0 Å². The van der Waals surface area contributed by atoms with Crippen LogP contribution in [0, 0.1) is 0 Å². The first kappa shape index (κ1) is 12.1. The van der Waals surface area contributed by atoms with Gasteiger partial charge in [0.15, 0.2) is 5.82 Å². The van der Waals surface area contributed by atoms with Crippen LogP contribution in [0.2, 0.25) is 0 Å². The normalized spacial score (nSPS) is 27.9. The molecular weight excluding hydrogens is 254 g/mol. The summed E-state index contributed by atoms with van der Waals surface area (Å²) in [6.07, 6.45) is 2.38. The second-order valence-electron chi connectivity index (χ2n) is 5.15. The highest BCUT2D eigenvalue weighted by atomic mass is 32.2. The van der Waals surface area contributed by atoms with Crippen LogP contribution in [0.4, 0.5) is 0 Å². The van der Waals surface area contributed by atoms with Gasteiger partial charge in [-0.25, -0.2) is 8.42 Å². The summed E-state index contributed by atoms with van der Waals surface area (Å²) >= 11 is 0. The summed E-state index contributed by atoms with van der Waals surface area (Å²) in [4.78, 5) is 0. The molecule has 2 aliphatic rings. The molecule has 0 aliphatic carbocycles. The predicted octanol–water partition coefficient (Wildman–Crippen LogP) is 0.397. The molecule has 0 bridgehead atoms. The number of sulfone groups is 1. The summed E-state index contributed by atoms with van der Waals surface area (Å²) in [5, 5.41) is 18.1. The molecule has 1 aromatic rings. The van der Waals surface area contributed by atoms with Crippen LogP contribution >= 0.6 is 0 Å². The van der Waals surface area contributed by atoms with Crippen LogP contribution in [0.5, 0.6) is 0 Å². The van der Waals surface area contributed by atoms with E-state index in [4.69, 9.17) is 0 Å². The molecule has 1 aromatic heterocycles. The third-order valence-corrected chi connectivity index (χ3v) is 5.60.